The molecule has 1 fully saturated rings. The Labute approximate surface area is 180 Å². The first-order valence-corrected chi connectivity index (χ1v) is 10.5. The number of ether oxygens (including phenoxy) is 1. The number of aliphatic hydroxyl groups is 1. The number of fused-ring (bicyclic) bond motifs is 1. The minimum absolute atomic E-state index is 0.119. The molecule has 3 aromatic rings. The summed E-state index contributed by atoms with van der Waals surface area (Å²) in [5, 5.41) is 13.5. The lowest BCUT2D eigenvalue weighted by Gasteiger charge is -2.29. The number of carbonyl (C=O) groups is 1. The Morgan fingerprint density at radius 2 is 2.00 bits per heavy atom. The molecule has 7 heteroatoms. The number of hydrogen-bond donors (Lipinski definition) is 2. The summed E-state index contributed by atoms with van der Waals surface area (Å²) in [5.74, 6) is -0.119. The second kappa shape index (κ2) is 8.61. The fourth-order valence-corrected chi connectivity index (χ4v) is 4.21. The SMILES string of the molecule is CNC(=O)c1ccc(Cc2cc3c(=O)n([C@H]4CCOC[C@@H]4O)cnc3c(C)c2C)cc1. The molecule has 31 heavy (non-hydrogen) atoms. The minimum atomic E-state index is -0.726. The van der Waals surface area contributed by atoms with Gasteiger partial charge >= 0.3 is 0 Å². The van der Waals surface area contributed by atoms with E-state index in [4.69, 9.17) is 4.74 Å². The lowest BCUT2D eigenvalue weighted by molar-refractivity contribution is -0.0395. The van der Waals surface area contributed by atoms with E-state index >= 15 is 0 Å². The summed E-state index contributed by atoms with van der Waals surface area (Å²) < 4.78 is 6.85. The van der Waals surface area contributed by atoms with Crippen LogP contribution < -0.4 is 10.9 Å². The van der Waals surface area contributed by atoms with Crippen LogP contribution >= 0.6 is 0 Å². The number of hydrogen-bond acceptors (Lipinski definition) is 5. The first-order chi connectivity index (χ1) is 14.9. The van der Waals surface area contributed by atoms with Gasteiger partial charge in [-0.3, -0.25) is 14.2 Å². The van der Waals surface area contributed by atoms with Crippen molar-refractivity contribution in [3.05, 3.63) is 74.8 Å². The van der Waals surface area contributed by atoms with E-state index < -0.39 is 6.10 Å². The quantitative estimate of drug-likeness (QED) is 0.674. The molecule has 162 valence electrons. The van der Waals surface area contributed by atoms with Gasteiger partial charge in [-0.1, -0.05) is 12.1 Å². The Morgan fingerprint density at radius 3 is 2.68 bits per heavy atom. The molecule has 2 N–H and O–H groups in total. The van der Waals surface area contributed by atoms with Gasteiger partial charge in [0.15, 0.2) is 0 Å². The summed E-state index contributed by atoms with van der Waals surface area (Å²) in [7, 11) is 1.61. The molecule has 0 radical (unpaired) electrons. The van der Waals surface area contributed by atoms with Crippen molar-refractivity contribution in [3.8, 4) is 0 Å². The maximum Gasteiger partial charge on any atom is 0.261 e. The topological polar surface area (TPSA) is 93.5 Å². The Hall–Kier alpha value is -3.03. The molecule has 0 saturated carbocycles. The Kier molecular flexibility index (Phi) is 5.89. The van der Waals surface area contributed by atoms with Crippen molar-refractivity contribution < 1.29 is 14.6 Å². The van der Waals surface area contributed by atoms with Gasteiger partial charge in [0, 0.05) is 19.2 Å². The number of rotatable bonds is 4. The zero-order valence-corrected chi connectivity index (χ0v) is 18.0. The molecule has 1 amide bonds. The number of benzene rings is 2. The predicted octanol–water partition coefficient (Wildman–Crippen LogP) is 2.29. The molecule has 1 aliphatic heterocycles. The third-order valence-electron chi connectivity index (χ3n) is 6.23. The largest absolute Gasteiger partial charge is 0.389 e. The molecule has 0 aliphatic carbocycles. The first-order valence-electron chi connectivity index (χ1n) is 10.5. The zero-order chi connectivity index (χ0) is 22.1. The molecule has 1 aromatic heterocycles. The van der Waals surface area contributed by atoms with Crippen molar-refractivity contribution in [2.75, 3.05) is 20.3 Å². The Balaban J connectivity index is 1.74. The van der Waals surface area contributed by atoms with E-state index in [1.807, 2.05) is 32.0 Å². The zero-order valence-electron chi connectivity index (χ0n) is 18.0. The van der Waals surface area contributed by atoms with Gasteiger partial charge in [-0.15, -0.1) is 0 Å². The molecule has 2 atom stereocenters. The van der Waals surface area contributed by atoms with Crippen molar-refractivity contribution in [2.45, 2.75) is 38.8 Å². The van der Waals surface area contributed by atoms with Crippen molar-refractivity contribution >= 4 is 16.8 Å². The van der Waals surface area contributed by atoms with Gasteiger partial charge in [-0.05, 0) is 67.1 Å². The Bertz CT molecular complexity index is 1180. The summed E-state index contributed by atoms with van der Waals surface area (Å²) in [4.78, 5) is 29.7. The van der Waals surface area contributed by atoms with E-state index in [0.29, 0.717) is 35.9 Å². The highest BCUT2D eigenvalue weighted by Crippen LogP contribution is 2.26. The van der Waals surface area contributed by atoms with E-state index in [1.54, 1.807) is 30.1 Å². The third-order valence-corrected chi connectivity index (χ3v) is 6.23. The standard InChI is InChI=1S/C24H27N3O4/c1-14-15(2)22-19(24(30)27(13-26-22)20-8-9-31-12-21(20)28)11-18(14)10-16-4-6-17(7-5-16)23(29)25-3/h4-7,11,13,20-21,28H,8-10,12H2,1-3H3,(H,25,29)/t20-,21-/m0/s1. The predicted molar refractivity (Wildman–Crippen MR) is 119 cm³/mol. The van der Waals surface area contributed by atoms with Crippen LogP contribution in [0.4, 0.5) is 0 Å². The molecule has 0 bridgehead atoms. The molecular formula is C24H27N3O4. The summed E-state index contributed by atoms with van der Waals surface area (Å²) in [6.07, 6.45) is 2.04. The summed E-state index contributed by atoms with van der Waals surface area (Å²) in [6, 6.07) is 9.06. The lowest BCUT2D eigenvalue weighted by atomic mass is 9.94. The van der Waals surface area contributed by atoms with Crippen molar-refractivity contribution in [1.82, 2.24) is 14.9 Å². The van der Waals surface area contributed by atoms with E-state index in [0.717, 1.165) is 22.3 Å². The maximum atomic E-state index is 13.3. The fraction of sp³-hybridized carbons (Fsp3) is 0.375. The first kappa shape index (κ1) is 21.2. The van der Waals surface area contributed by atoms with Crippen molar-refractivity contribution in [2.24, 2.45) is 0 Å². The van der Waals surface area contributed by atoms with Gasteiger partial charge < -0.3 is 15.2 Å². The lowest BCUT2D eigenvalue weighted by Crippen LogP contribution is -2.39. The summed E-state index contributed by atoms with van der Waals surface area (Å²) in [5.41, 5.74) is 5.33. The second-order valence-electron chi connectivity index (χ2n) is 8.09. The van der Waals surface area contributed by atoms with E-state index in [-0.39, 0.29) is 24.1 Å². The van der Waals surface area contributed by atoms with Crippen LogP contribution in [-0.4, -0.2) is 46.9 Å². The Morgan fingerprint density at radius 1 is 1.26 bits per heavy atom. The molecule has 1 aliphatic rings. The average molecular weight is 421 g/mol. The minimum Gasteiger partial charge on any atom is -0.389 e. The number of aromatic nitrogens is 2. The summed E-state index contributed by atoms with van der Waals surface area (Å²) >= 11 is 0. The van der Waals surface area contributed by atoms with Crippen LogP contribution in [0.1, 0.15) is 45.1 Å². The molecule has 4 rings (SSSR count). The van der Waals surface area contributed by atoms with Gasteiger partial charge in [0.1, 0.15) is 0 Å². The number of nitrogens with zero attached hydrogens (tertiary/aromatic N) is 2. The van der Waals surface area contributed by atoms with Crippen molar-refractivity contribution in [1.29, 1.82) is 0 Å². The van der Waals surface area contributed by atoms with Gasteiger partial charge in [-0.25, -0.2) is 4.98 Å². The van der Waals surface area contributed by atoms with E-state index in [9.17, 15) is 14.7 Å². The van der Waals surface area contributed by atoms with Crippen LogP contribution in [0.2, 0.25) is 0 Å². The van der Waals surface area contributed by atoms with Gasteiger partial charge in [0.05, 0.1) is 36.0 Å². The maximum absolute atomic E-state index is 13.3. The monoisotopic (exact) mass is 421 g/mol. The van der Waals surface area contributed by atoms with E-state index in [2.05, 4.69) is 10.3 Å². The van der Waals surface area contributed by atoms with Crippen molar-refractivity contribution in [3.63, 3.8) is 0 Å². The second-order valence-corrected chi connectivity index (χ2v) is 8.09. The number of carbonyl (C=O) groups excluding carboxylic acids is 1. The highest BCUT2D eigenvalue weighted by Gasteiger charge is 2.27. The van der Waals surface area contributed by atoms with Crippen LogP contribution in [0.25, 0.3) is 10.9 Å². The smallest absolute Gasteiger partial charge is 0.261 e. The van der Waals surface area contributed by atoms with Crippen LogP contribution in [0, 0.1) is 13.8 Å². The van der Waals surface area contributed by atoms with Gasteiger partial charge in [-0.2, -0.15) is 0 Å². The molecule has 2 aromatic carbocycles. The molecule has 0 spiro atoms. The molecule has 2 heterocycles. The van der Waals surface area contributed by atoms with Crippen LogP contribution in [-0.2, 0) is 11.2 Å². The van der Waals surface area contributed by atoms with Crippen LogP contribution in [0.15, 0.2) is 41.5 Å². The molecule has 7 nitrogen and oxygen atoms in total. The molecule has 1 saturated heterocycles. The van der Waals surface area contributed by atoms with Crippen LogP contribution in [0.3, 0.4) is 0 Å². The number of nitrogens with one attached hydrogen (secondary N) is 1. The highest BCUT2D eigenvalue weighted by atomic mass is 16.5. The number of amides is 1. The van der Waals surface area contributed by atoms with E-state index in [1.165, 1.54) is 0 Å². The van der Waals surface area contributed by atoms with Gasteiger partial charge in [0.25, 0.3) is 11.5 Å². The number of aryl methyl sites for hydroxylation is 1. The number of aliphatic hydroxyl groups excluding tert-OH is 1. The fourth-order valence-electron chi connectivity index (χ4n) is 4.21. The summed E-state index contributed by atoms with van der Waals surface area (Å²) in [6.45, 7) is 4.75. The van der Waals surface area contributed by atoms with Gasteiger partial charge in [0.2, 0.25) is 0 Å². The third kappa shape index (κ3) is 3.98. The average Bonchev–Trinajstić information content (AvgIpc) is 2.78. The van der Waals surface area contributed by atoms with Crippen LogP contribution in [0.5, 0.6) is 0 Å². The normalized spacial score (nSPS) is 18.8. The molecule has 0 unspecified atom stereocenters. The highest BCUT2D eigenvalue weighted by molar-refractivity contribution is 5.94. The molecular weight excluding hydrogens is 394 g/mol.